The quantitative estimate of drug-likeness (QED) is 0.560. The van der Waals surface area contributed by atoms with Crippen molar-refractivity contribution in [1.29, 1.82) is 0 Å². The van der Waals surface area contributed by atoms with Crippen LogP contribution in [-0.4, -0.2) is 29.5 Å². The zero-order chi connectivity index (χ0) is 11.3. The summed E-state index contributed by atoms with van der Waals surface area (Å²) >= 11 is 0. The maximum Gasteiger partial charge on any atom is 0.0723 e. The topological polar surface area (TPSA) is 78.5 Å². The van der Waals surface area contributed by atoms with Gasteiger partial charge in [-0.1, -0.05) is 6.07 Å². The average Bonchev–Trinajstić information content (AvgIpc) is 2.26. The molecule has 5 N–H and O–H groups in total. The van der Waals surface area contributed by atoms with Gasteiger partial charge in [0.05, 0.1) is 19.3 Å². The molecule has 0 aliphatic rings. The fourth-order valence-electron chi connectivity index (χ4n) is 1.40. The summed E-state index contributed by atoms with van der Waals surface area (Å²) in [5, 5.41) is 20.9. The average molecular weight is 210 g/mol. The third-order valence-corrected chi connectivity index (χ3v) is 2.37. The van der Waals surface area contributed by atoms with Crippen LogP contribution >= 0.6 is 0 Å². The van der Waals surface area contributed by atoms with E-state index in [1.807, 2.05) is 25.1 Å². The normalized spacial score (nSPS) is 10.7. The number of nitrogens with two attached hydrogens (primary N) is 1. The van der Waals surface area contributed by atoms with Gasteiger partial charge in [0.1, 0.15) is 0 Å². The van der Waals surface area contributed by atoms with Gasteiger partial charge in [-0.05, 0) is 30.2 Å². The standard InChI is InChI=1S/C11H18N2O2/c1-8-4-10(3-2-9(8)5-12)13-11(6-14)7-15/h2-4,11,13-15H,5-7,12H2,1H3. The lowest BCUT2D eigenvalue weighted by atomic mass is 10.1. The second-order valence-electron chi connectivity index (χ2n) is 3.55. The van der Waals surface area contributed by atoms with Crippen LogP contribution in [0.5, 0.6) is 0 Å². The van der Waals surface area contributed by atoms with Crippen molar-refractivity contribution in [2.75, 3.05) is 18.5 Å². The molecule has 4 nitrogen and oxygen atoms in total. The number of aliphatic hydroxyl groups is 2. The summed E-state index contributed by atoms with van der Waals surface area (Å²) in [5.74, 6) is 0. The predicted molar refractivity (Wildman–Crippen MR) is 60.7 cm³/mol. The molecule has 1 aromatic rings. The number of hydrogen-bond donors (Lipinski definition) is 4. The van der Waals surface area contributed by atoms with Crippen molar-refractivity contribution in [3.05, 3.63) is 29.3 Å². The maximum absolute atomic E-state index is 8.91. The van der Waals surface area contributed by atoms with Crippen LogP contribution in [0.3, 0.4) is 0 Å². The first kappa shape index (κ1) is 12.0. The van der Waals surface area contributed by atoms with E-state index in [0.29, 0.717) is 6.54 Å². The largest absolute Gasteiger partial charge is 0.394 e. The Labute approximate surface area is 89.7 Å². The summed E-state index contributed by atoms with van der Waals surface area (Å²) in [6, 6.07) is 5.49. The van der Waals surface area contributed by atoms with Crippen molar-refractivity contribution >= 4 is 5.69 Å². The second-order valence-corrected chi connectivity index (χ2v) is 3.55. The van der Waals surface area contributed by atoms with E-state index in [-0.39, 0.29) is 19.3 Å². The van der Waals surface area contributed by atoms with Crippen LogP contribution in [0.15, 0.2) is 18.2 Å². The van der Waals surface area contributed by atoms with Crippen molar-refractivity contribution in [3.8, 4) is 0 Å². The third-order valence-electron chi connectivity index (χ3n) is 2.37. The van der Waals surface area contributed by atoms with Crippen LogP contribution in [0.1, 0.15) is 11.1 Å². The molecule has 0 bridgehead atoms. The molecule has 1 aromatic carbocycles. The van der Waals surface area contributed by atoms with Gasteiger partial charge in [0.15, 0.2) is 0 Å². The highest BCUT2D eigenvalue weighted by molar-refractivity contribution is 5.49. The van der Waals surface area contributed by atoms with Gasteiger partial charge in [0, 0.05) is 12.2 Å². The Hall–Kier alpha value is -1.10. The molecule has 0 amide bonds. The van der Waals surface area contributed by atoms with Gasteiger partial charge in [0.2, 0.25) is 0 Å². The zero-order valence-electron chi connectivity index (χ0n) is 8.90. The molecule has 0 atom stereocenters. The highest BCUT2D eigenvalue weighted by Crippen LogP contribution is 2.15. The third kappa shape index (κ3) is 3.20. The lowest BCUT2D eigenvalue weighted by molar-refractivity contribution is 0.204. The number of nitrogens with one attached hydrogen (secondary N) is 1. The molecule has 4 heteroatoms. The van der Waals surface area contributed by atoms with E-state index in [2.05, 4.69) is 5.32 Å². The summed E-state index contributed by atoms with van der Waals surface area (Å²) in [7, 11) is 0. The van der Waals surface area contributed by atoms with Gasteiger partial charge in [-0.15, -0.1) is 0 Å². The van der Waals surface area contributed by atoms with Gasteiger partial charge < -0.3 is 21.3 Å². The Kier molecular flexibility index (Phi) is 4.55. The van der Waals surface area contributed by atoms with Gasteiger partial charge in [-0.2, -0.15) is 0 Å². The Morgan fingerprint density at radius 2 is 2.00 bits per heavy atom. The van der Waals surface area contributed by atoms with Gasteiger partial charge in [0.25, 0.3) is 0 Å². The summed E-state index contributed by atoms with van der Waals surface area (Å²) in [6.07, 6.45) is 0. The molecule has 0 saturated carbocycles. The smallest absolute Gasteiger partial charge is 0.0723 e. The monoisotopic (exact) mass is 210 g/mol. The molecule has 0 heterocycles. The zero-order valence-corrected chi connectivity index (χ0v) is 8.90. The van der Waals surface area contributed by atoms with Crippen LogP contribution in [0, 0.1) is 6.92 Å². The Morgan fingerprint density at radius 1 is 1.33 bits per heavy atom. The second kappa shape index (κ2) is 5.70. The van der Waals surface area contributed by atoms with E-state index in [4.69, 9.17) is 15.9 Å². The molecular weight excluding hydrogens is 192 g/mol. The van der Waals surface area contributed by atoms with E-state index in [1.165, 1.54) is 0 Å². The lowest BCUT2D eigenvalue weighted by Crippen LogP contribution is -2.27. The minimum atomic E-state index is -0.312. The molecule has 0 aliphatic heterocycles. The molecule has 84 valence electrons. The minimum absolute atomic E-state index is 0.0891. The SMILES string of the molecule is Cc1cc(NC(CO)CO)ccc1CN. The number of benzene rings is 1. The first-order valence-electron chi connectivity index (χ1n) is 4.99. The van der Waals surface area contributed by atoms with Crippen LogP contribution in [0.4, 0.5) is 5.69 Å². The molecule has 0 spiro atoms. The van der Waals surface area contributed by atoms with E-state index < -0.39 is 0 Å². The van der Waals surface area contributed by atoms with Crippen molar-refractivity contribution in [1.82, 2.24) is 0 Å². The summed E-state index contributed by atoms with van der Waals surface area (Å²) in [4.78, 5) is 0. The first-order chi connectivity index (χ1) is 7.21. The van der Waals surface area contributed by atoms with Gasteiger partial charge >= 0.3 is 0 Å². The molecule has 0 aromatic heterocycles. The molecule has 0 radical (unpaired) electrons. The summed E-state index contributed by atoms with van der Waals surface area (Å²) in [5.41, 5.74) is 8.65. The van der Waals surface area contributed by atoms with E-state index in [1.54, 1.807) is 0 Å². The molecular formula is C11H18N2O2. The number of hydrogen-bond acceptors (Lipinski definition) is 4. The molecule has 0 saturated heterocycles. The predicted octanol–water partition coefficient (Wildman–Crippen LogP) is 0.219. The lowest BCUT2D eigenvalue weighted by Gasteiger charge is -2.16. The highest BCUT2D eigenvalue weighted by Gasteiger charge is 2.05. The number of rotatable bonds is 5. The first-order valence-corrected chi connectivity index (χ1v) is 4.99. The fourth-order valence-corrected chi connectivity index (χ4v) is 1.40. The number of anilines is 1. The van der Waals surface area contributed by atoms with Crippen molar-refractivity contribution in [2.24, 2.45) is 5.73 Å². The van der Waals surface area contributed by atoms with Gasteiger partial charge in [-0.3, -0.25) is 0 Å². The molecule has 0 aliphatic carbocycles. The van der Waals surface area contributed by atoms with E-state index >= 15 is 0 Å². The van der Waals surface area contributed by atoms with Crippen molar-refractivity contribution in [2.45, 2.75) is 19.5 Å². The molecule has 0 fully saturated rings. The van der Waals surface area contributed by atoms with Crippen molar-refractivity contribution in [3.63, 3.8) is 0 Å². The fraction of sp³-hybridized carbons (Fsp3) is 0.455. The van der Waals surface area contributed by atoms with Crippen LogP contribution in [0.25, 0.3) is 0 Å². The Morgan fingerprint density at radius 3 is 2.47 bits per heavy atom. The van der Waals surface area contributed by atoms with Crippen LogP contribution in [0.2, 0.25) is 0 Å². The Balaban J connectivity index is 2.74. The number of aryl methyl sites for hydroxylation is 1. The Bertz CT molecular complexity index is 311. The molecule has 1 rings (SSSR count). The molecule has 0 unspecified atom stereocenters. The van der Waals surface area contributed by atoms with Crippen LogP contribution < -0.4 is 11.1 Å². The van der Waals surface area contributed by atoms with Gasteiger partial charge in [-0.25, -0.2) is 0 Å². The van der Waals surface area contributed by atoms with Crippen molar-refractivity contribution < 1.29 is 10.2 Å². The van der Waals surface area contributed by atoms with Crippen LogP contribution in [-0.2, 0) is 6.54 Å². The number of aliphatic hydroxyl groups excluding tert-OH is 2. The van der Waals surface area contributed by atoms with E-state index in [0.717, 1.165) is 16.8 Å². The highest BCUT2D eigenvalue weighted by atomic mass is 16.3. The van der Waals surface area contributed by atoms with E-state index in [9.17, 15) is 0 Å². The molecule has 15 heavy (non-hydrogen) atoms. The summed E-state index contributed by atoms with van der Waals surface area (Å²) in [6.45, 7) is 2.33. The minimum Gasteiger partial charge on any atom is -0.394 e. The summed E-state index contributed by atoms with van der Waals surface area (Å²) < 4.78 is 0. The maximum atomic E-state index is 8.91.